The maximum absolute atomic E-state index is 12.9. The average Bonchev–Trinajstić information content (AvgIpc) is 2.20. The minimum absolute atomic E-state index is 0.113. The quantitative estimate of drug-likeness (QED) is 0.836. The molecule has 90 valence electrons. The van der Waals surface area contributed by atoms with Crippen LogP contribution in [0.2, 0.25) is 5.02 Å². The maximum atomic E-state index is 12.9. The zero-order valence-corrected chi connectivity index (χ0v) is 10.7. The summed E-state index contributed by atoms with van der Waals surface area (Å²) in [4.78, 5) is 0. The fourth-order valence-electron chi connectivity index (χ4n) is 1.06. The SMILES string of the molecule is CN(C)S(=O)(=O)N(C)c1ccc(F)c(Cl)c1. The van der Waals surface area contributed by atoms with Crippen LogP contribution in [0, 0.1) is 5.82 Å². The molecule has 0 heterocycles. The molecule has 0 atom stereocenters. The van der Waals surface area contributed by atoms with Crippen molar-refractivity contribution in [2.75, 3.05) is 25.4 Å². The van der Waals surface area contributed by atoms with Crippen LogP contribution in [-0.2, 0) is 10.2 Å². The Morgan fingerprint density at radius 3 is 2.25 bits per heavy atom. The molecular weight excluding hydrogens is 255 g/mol. The van der Waals surface area contributed by atoms with Gasteiger partial charge in [0, 0.05) is 21.1 Å². The molecule has 0 fully saturated rings. The third kappa shape index (κ3) is 2.45. The van der Waals surface area contributed by atoms with Gasteiger partial charge in [0.2, 0.25) is 0 Å². The highest BCUT2D eigenvalue weighted by Crippen LogP contribution is 2.23. The van der Waals surface area contributed by atoms with E-state index in [2.05, 4.69) is 0 Å². The first-order valence-electron chi connectivity index (χ1n) is 4.38. The van der Waals surface area contributed by atoms with Crippen LogP contribution in [0.1, 0.15) is 0 Å². The maximum Gasteiger partial charge on any atom is 0.303 e. The van der Waals surface area contributed by atoms with Crippen LogP contribution in [-0.4, -0.2) is 33.9 Å². The Morgan fingerprint density at radius 2 is 1.81 bits per heavy atom. The molecule has 0 aromatic heterocycles. The minimum atomic E-state index is -3.57. The second-order valence-corrected chi connectivity index (χ2v) is 5.94. The fourth-order valence-corrected chi connectivity index (χ4v) is 2.10. The third-order valence-electron chi connectivity index (χ3n) is 2.07. The summed E-state index contributed by atoms with van der Waals surface area (Å²) >= 11 is 5.58. The Bertz CT molecular complexity index is 490. The highest BCUT2D eigenvalue weighted by atomic mass is 35.5. The van der Waals surface area contributed by atoms with Gasteiger partial charge in [-0.25, -0.2) is 4.39 Å². The number of anilines is 1. The van der Waals surface area contributed by atoms with E-state index < -0.39 is 16.0 Å². The number of hydrogen-bond acceptors (Lipinski definition) is 2. The van der Waals surface area contributed by atoms with E-state index in [4.69, 9.17) is 11.6 Å². The van der Waals surface area contributed by atoms with Gasteiger partial charge in [0.25, 0.3) is 0 Å². The summed E-state index contributed by atoms with van der Waals surface area (Å²) in [7, 11) is 0.627. The van der Waals surface area contributed by atoms with Crippen molar-refractivity contribution >= 4 is 27.5 Å². The predicted octanol–water partition coefficient (Wildman–Crippen LogP) is 1.72. The normalized spacial score (nSPS) is 11.9. The molecule has 0 aliphatic carbocycles. The summed E-state index contributed by atoms with van der Waals surface area (Å²) in [5.74, 6) is -0.582. The van der Waals surface area contributed by atoms with Crippen molar-refractivity contribution in [2.45, 2.75) is 0 Å². The molecule has 0 spiro atoms. The van der Waals surface area contributed by atoms with Gasteiger partial charge in [-0.15, -0.1) is 0 Å². The van der Waals surface area contributed by atoms with Crippen LogP contribution >= 0.6 is 11.6 Å². The van der Waals surface area contributed by atoms with Crippen molar-refractivity contribution < 1.29 is 12.8 Å². The van der Waals surface area contributed by atoms with E-state index in [0.717, 1.165) is 14.7 Å². The lowest BCUT2D eigenvalue weighted by Crippen LogP contribution is -2.37. The Labute approximate surface area is 99.4 Å². The topological polar surface area (TPSA) is 40.6 Å². The van der Waals surface area contributed by atoms with Crippen molar-refractivity contribution in [3.63, 3.8) is 0 Å². The standard InChI is InChI=1S/C9H12ClFN2O2S/c1-12(2)16(14,15)13(3)7-4-5-9(11)8(10)6-7/h4-6H,1-3H3. The van der Waals surface area contributed by atoms with Crippen LogP contribution in [0.15, 0.2) is 18.2 Å². The van der Waals surface area contributed by atoms with Crippen LogP contribution in [0.5, 0.6) is 0 Å². The summed E-state index contributed by atoms with van der Waals surface area (Å²) in [6.45, 7) is 0. The first-order chi connectivity index (χ1) is 7.26. The van der Waals surface area contributed by atoms with Crippen molar-refractivity contribution in [3.8, 4) is 0 Å². The predicted molar refractivity (Wildman–Crippen MR) is 62.4 cm³/mol. The molecule has 1 aromatic rings. The monoisotopic (exact) mass is 266 g/mol. The number of hydrogen-bond donors (Lipinski definition) is 0. The Balaban J connectivity index is 3.16. The highest BCUT2D eigenvalue weighted by Gasteiger charge is 2.21. The van der Waals surface area contributed by atoms with E-state index in [9.17, 15) is 12.8 Å². The van der Waals surface area contributed by atoms with Gasteiger partial charge in [0.1, 0.15) is 5.82 Å². The largest absolute Gasteiger partial charge is 0.303 e. The molecule has 0 amide bonds. The van der Waals surface area contributed by atoms with Gasteiger partial charge in [-0.2, -0.15) is 12.7 Å². The van der Waals surface area contributed by atoms with Crippen molar-refractivity contribution in [2.24, 2.45) is 0 Å². The number of halogens is 2. The van der Waals surface area contributed by atoms with E-state index in [1.165, 1.54) is 33.3 Å². The average molecular weight is 267 g/mol. The molecule has 0 aliphatic heterocycles. The second kappa shape index (κ2) is 4.57. The number of rotatable bonds is 3. The molecule has 1 aromatic carbocycles. The van der Waals surface area contributed by atoms with E-state index in [1.54, 1.807) is 0 Å². The van der Waals surface area contributed by atoms with Gasteiger partial charge in [-0.1, -0.05) is 11.6 Å². The number of nitrogens with zero attached hydrogens (tertiary/aromatic N) is 2. The molecule has 16 heavy (non-hydrogen) atoms. The van der Waals surface area contributed by atoms with Crippen molar-refractivity contribution in [1.29, 1.82) is 0 Å². The summed E-state index contributed by atoms with van der Waals surface area (Å²) in [6.07, 6.45) is 0. The van der Waals surface area contributed by atoms with E-state index >= 15 is 0 Å². The lowest BCUT2D eigenvalue weighted by atomic mass is 10.3. The van der Waals surface area contributed by atoms with E-state index in [0.29, 0.717) is 5.69 Å². The highest BCUT2D eigenvalue weighted by molar-refractivity contribution is 7.90. The van der Waals surface area contributed by atoms with Crippen LogP contribution in [0.3, 0.4) is 0 Å². The fraction of sp³-hybridized carbons (Fsp3) is 0.333. The van der Waals surface area contributed by atoms with E-state index in [-0.39, 0.29) is 5.02 Å². The molecule has 0 saturated carbocycles. The second-order valence-electron chi connectivity index (χ2n) is 3.36. The van der Waals surface area contributed by atoms with Gasteiger partial charge in [-0.3, -0.25) is 4.31 Å². The van der Waals surface area contributed by atoms with Crippen LogP contribution in [0.4, 0.5) is 10.1 Å². The molecule has 0 bridgehead atoms. The zero-order valence-electron chi connectivity index (χ0n) is 9.11. The first kappa shape index (κ1) is 13.2. The molecule has 4 nitrogen and oxygen atoms in total. The van der Waals surface area contributed by atoms with E-state index in [1.807, 2.05) is 0 Å². The molecule has 0 unspecified atom stereocenters. The molecular formula is C9H12ClFN2O2S. The lowest BCUT2D eigenvalue weighted by Gasteiger charge is -2.23. The third-order valence-corrected chi connectivity index (χ3v) is 4.19. The number of benzene rings is 1. The summed E-state index contributed by atoms with van der Waals surface area (Å²) < 4.78 is 38.5. The van der Waals surface area contributed by atoms with Gasteiger partial charge < -0.3 is 0 Å². The summed E-state index contributed by atoms with van der Waals surface area (Å²) in [5.41, 5.74) is 0.306. The van der Waals surface area contributed by atoms with Gasteiger partial charge in [0.15, 0.2) is 0 Å². The zero-order chi connectivity index (χ0) is 12.5. The Kier molecular flexibility index (Phi) is 3.77. The van der Waals surface area contributed by atoms with Crippen molar-refractivity contribution in [3.05, 3.63) is 29.0 Å². The van der Waals surface area contributed by atoms with Gasteiger partial charge >= 0.3 is 10.2 Å². The minimum Gasteiger partial charge on any atom is -0.261 e. The molecule has 1 rings (SSSR count). The Morgan fingerprint density at radius 1 is 1.25 bits per heavy atom. The summed E-state index contributed by atoms with van der Waals surface area (Å²) in [5, 5.41) is -0.113. The lowest BCUT2D eigenvalue weighted by molar-refractivity contribution is 0.519. The Hall–Kier alpha value is -0.850. The molecule has 0 N–H and O–H groups in total. The van der Waals surface area contributed by atoms with Gasteiger partial charge in [-0.05, 0) is 18.2 Å². The molecule has 0 radical (unpaired) electrons. The summed E-state index contributed by atoms with van der Waals surface area (Å²) in [6, 6.07) is 3.74. The van der Waals surface area contributed by atoms with Crippen molar-refractivity contribution in [1.82, 2.24) is 4.31 Å². The van der Waals surface area contributed by atoms with Gasteiger partial charge in [0.05, 0.1) is 10.7 Å². The molecule has 0 saturated heterocycles. The smallest absolute Gasteiger partial charge is 0.261 e. The molecule has 0 aliphatic rings. The molecule has 7 heteroatoms. The van der Waals surface area contributed by atoms with Crippen LogP contribution in [0.25, 0.3) is 0 Å². The first-order valence-corrected chi connectivity index (χ1v) is 6.15. The van der Waals surface area contributed by atoms with Crippen LogP contribution < -0.4 is 4.31 Å².